The second-order valence-corrected chi connectivity index (χ2v) is 2.27. The van der Waals surface area contributed by atoms with Gasteiger partial charge in [-0.05, 0) is 0 Å². The molecule has 0 aliphatic heterocycles. The molecule has 0 bridgehead atoms. The first kappa shape index (κ1) is 8.43. The van der Waals surface area contributed by atoms with Crippen molar-refractivity contribution in [3.05, 3.63) is 21.8 Å². The van der Waals surface area contributed by atoms with Gasteiger partial charge in [0.05, 0.1) is 0 Å². The van der Waals surface area contributed by atoms with Gasteiger partial charge in [-0.3, -0.25) is 8.75 Å². The Hall–Kier alpha value is -0.570. The fraction of sp³-hybridized carbons (Fsp3) is 0.500. The van der Waals surface area contributed by atoms with Crippen LogP contribution in [0.5, 0.6) is 0 Å². The van der Waals surface area contributed by atoms with E-state index in [9.17, 15) is 4.79 Å². The maximum Gasteiger partial charge on any atom is 0.260 e. The highest BCUT2D eigenvalue weighted by Gasteiger charge is 1.82. The molecule has 0 aliphatic carbocycles. The Morgan fingerprint density at radius 1 is 1.56 bits per heavy atom. The fourth-order valence-corrected chi connectivity index (χ4v) is 0.861. The maximum atomic E-state index is 10.4. The molecule has 1 heterocycles. The molecule has 2 nitrogen and oxygen atoms in total. The molecule has 0 N–H and O–H groups in total. The quantitative estimate of drug-likeness (QED) is 0.542. The van der Waals surface area contributed by atoms with Gasteiger partial charge in [0.2, 0.25) is 0 Å². The van der Waals surface area contributed by atoms with Crippen LogP contribution in [0.3, 0.4) is 0 Å². The largest absolute Gasteiger partial charge is 0.268 e. The second kappa shape index (κ2) is 4.32. The van der Waals surface area contributed by atoms with Crippen LogP contribution in [0, 0.1) is 0 Å². The highest BCUT2D eigenvalue weighted by Crippen LogP contribution is 1.84. The Morgan fingerprint density at radius 2 is 2.11 bits per heavy atom. The molecular formula is C6H11NOS. The fourth-order valence-electron chi connectivity index (χ4n) is 0.337. The van der Waals surface area contributed by atoms with E-state index in [-0.39, 0.29) is 5.56 Å². The van der Waals surface area contributed by atoms with Crippen LogP contribution in [0.15, 0.2) is 16.2 Å². The molecule has 0 atom stereocenters. The summed E-state index contributed by atoms with van der Waals surface area (Å²) in [6, 6.07) is 1.55. The highest BCUT2D eigenvalue weighted by atomic mass is 32.1. The lowest BCUT2D eigenvalue weighted by atomic mass is 10.7. The lowest BCUT2D eigenvalue weighted by molar-refractivity contribution is 0.981. The Labute approximate surface area is 58.9 Å². The van der Waals surface area contributed by atoms with E-state index in [1.165, 1.54) is 11.5 Å². The highest BCUT2D eigenvalue weighted by molar-refractivity contribution is 7.04. The first-order valence-electron chi connectivity index (χ1n) is 2.92. The van der Waals surface area contributed by atoms with Gasteiger partial charge in [0.1, 0.15) is 0 Å². The average molecular weight is 145 g/mol. The van der Waals surface area contributed by atoms with Crippen LogP contribution in [0.2, 0.25) is 0 Å². The summed E-state index contributed by atoms with van der Waals surface area (Å²) in [5.74, 6) is 0. The van der Waals surface area contributed by atoms with E-state index in [4.69, 9.17) is 0 Å². The van der Waals surface area contributed by atoms with Crippen LogP contribution >= 0.6 is 11.5 Å². The smallest absolute Gasteiger partial charge is 0.260 e. The third-order valence-electron chi connectivity index (χ3n) is 0.740. The van der Waals surface area contributed by atoms with Gasteiger partial charge in [0.15, 0.2) is 0 Å². The minimum absolute atomic E-state index is 0.0741. The number of nitrogens with zero attached hydrogens (tertiary/aromatic N) is 1. The number of rotatable bonds is 0. The molecule has 0 spiro atoms. The first-order chi connectivity index (χ1) is 4.30. The van der Waals surface area contributed by atoms with E-state index in [2.05, 4.69) is 0 Å². The number of aryl methyl sites for hydroxylation is 1. The monoisotopic (exact) mass is 145 g/mol. The summed E-state index contributed by atoms with van der Waals surface area (Å²) in [6.45, 7) is 4.00. The zero-order valence-electron chi connectivity index (χ0n) is 5.92. The zero-order valence-corrected chi connectivity index (χ0v) is 6.73. The predicted molar refractivity (Wildman–Crippen MR) is 40.9 cm³/mol. The average Bonchev–Trinajstić information content (AvgIpc) is 2.23. The molecule has 0 saturated carbocycles. The molecule has 0 saturated heterocycles. The summed E-state index contributed by atoms with van der Waals surface area (Å²) in [5.41, 5.74) is 0.0741. The molecule has 1 rings (SSSR count). The lowest BCUT2D eigenvalue weighted by Gasteiger charge is -1.76. The van der Waals surface area contributed by atoms with Gasteiger partial charge in [-0.25, -0.2) is 0 Å². The minimum atomic E-state index is 0.0741. The van der Waals surface area contributed by atoms with Crippen molar-refractivity contribution in [2.75, 3.05) is 0 Å². The van der Waals surface area contributed by atoms with E-state index >= 15 is 0 Å². The van der Waals surface area contributed by atoms with Crippen molar-refractivity contribution < 1.29 is 0 Å². The Bertz CT molecular complexity index is 201. The summed E-state index contributed by atoms with van der Waals surface area (Å²) < 4.78 is 1.57. The van der Waals surface area contributed by atoms with Gasteiger partial charge in [-0.15, -0.1) is 0 Å². The van der Waals surface area contributed by atoms with Crippen LogP contribution < -0.4 is 5.56 Å². The minimum Gasteiger partial charge on any atom is -0.268 e. The van der Waals surface area contributed by atoms with Crippen molar-refractivity contribution in [3.8, 4) is 0 Å². The molecule has 0 aromatic carbocycles. The van der Waals surface area contributed by atoms with E-state index in [0.717, 1.165) is 0 Å². The third-order valence-corrected chi connectivity index (χ3v) is 1.49. The number of aromatic nitrogens is 1. The van der Waals surface area contributed by atoms with Crippen molar-refractivity contribution >= 4 is 11.5 Å². The molecule has 1 aromatic heterocycles. The Kier molecular flexibility index (Phi) is 4.05. The van der Waals surface area contributed by atoms with Crippen molar-refractivity contribution in [2.24, 2.45) is 7.05 Å². The molecule has 0 unspecified atom stereocenters. The second-order valence-electron chi connectivity index (χ2n) is 1.24. The molecule has 9 heavy (non-hydrogen) atoms. The van der Waals surface area contributed by atoms with E-state index in [1.807, 2.05) is 13.8 Å². The molecule has 52 valence electrons. The standard InChI is InChI=1S/C4H5NOS.C2H6/c1-5-4(6)2-3-7-5;1-2/h2-3H,1H3;1-2H3. The summed E-state index contributed by atoms with van der Waals surface area (Å²) in [6.07, 6.45) is 0. The number of hydrogen-bond donors (Lipinski definition) is 0. The SMILES string of the molecule is CC.Cn1sccc1=O. The molecule has 1 aromatic rings. The Morgan fingerprint density at radius 3 is 2.22 bits per heavy atom. The molecular weight excluding hydrogens is 134 g/mol. The number of hydrogen-bond acceptors (Lipinski definition) is 2. The zero-order chi connectivity index (χ0) is 7.28. The Balaban J connectivity index is 0.000000291. The molecule has 0 amide bonds. The van der Waals surface area contributed by atoms with Crippen LogP contribution in [0.4, 0.5) is 0 Å². The third kappa shape index (κ3) is 2.46. The van der Waals surface area contributed by atoms with Gasteiger partial charge >= 0.3 is 0 Å². The van der Waals surface area contributed by atoms with Crippen LogP contribution in [0.25, 0.3) is 0 Å². The molecule has 0 fully saturated rings. The van der Waals surface area contributed by atoms with E-state index < -0.39 is 0 Å². The van der Waals surface area contributed by atoms with E-state index in [1.54, 1.807) is 22.5 Å². The summed E-state index contributed by atoms with van der Waals surface area (Å²) in [7, 11) is 1.74. The summed E-state index contributed by atoms with van der Waals surface area (Å²) >= 11 is 1.41. The summed E-state index contributed by atoms with van der Waals surface area (Å²) in [4.78, 5) is 10.4. The van der Waals surface area contributed by atoms with Crippen LogP contribution in [-0.2, 0) is 7.05 Å². The summed E-state index contributed by atoms with van der Waals surface area (Å²) in [5, 5.41) is 1.77. The van der Waals surface area contributed by atoms with Crippen molar-refractivity contribution in [1.29, 1.82) is 0 Å². The molecule has 0 radical (unpaired) electrons. The molecule has 3 heteroatoms. The lowest BCUT2D eigenvalue weighted by Crippen LogP contribution is -2.05. The van der Waals surface area contributed by atoms with Crippen LogP contribution in [0.1, 0.15) is 13.8 Å². The normalized spacial score (nSPS) is 7.89. The van der Waals surface area contributed by atoms with Crippen molar-refractivity contribution in [1.82, 2.24) is 3.96 Å². The van der Waals surface area contributed by atoms with Crippen molar-refractivity contribution in [3.63, 3.8) is 0 Å². The molecule has 0 aliphatic rings. The van der Waals surface area contributed by atoms with Gasteiger partial charge in [0, 0.05) is 18.5 Å². The van der Waals surface area contributed by atoms with Gasteiger partial charge in [-0.2, -0.15) is 0 Å². The van der Waals surface area contributed by atoms with E-state index in [0.29, 0.717) is 0 Å². The first-order valence-corrected chi connectivity index (χ1v) is 3.75. The van der Waals surface area contributed by atoms with Crippen molar-refractivity contribution in [2.45, 2.75) is 13.8 Å². The predicted octanol–water partition coefficient (Wildman–Crippen LogP) is 1.47. The van der Waals surface area contributed by atoms with Crippen LogP contribution in [-0.4, -0.2) is 3.96 Å². The maximum absolute atomic E-state index is 10.4. The van der Waals surface area contributed by atoms with Gasteiger partial charge in [-0.1, -0.05) is 25.4 Å². The van der Waals surface area contributed by atoms with Gasteiger partial charge in [0.25, 0.3) is 5.56 Å². The topological polar surface area (TPSA) is 22.0 Å². The van der Waals surface area contributed by atoms with Gasteiger partial charge < -0.3 is 0 Å².